The molecular weight excluding hydrogens is 336 g/mol. The summed E-state index contributed by atoms with van der Waals surface area (Å²) in [6, 6.07) is 16.7. The number of para-hydroxylation sites is 1. The Kier molecular flexibility index (Phi) is 3.90. The number of nitrogens with one attached hydrogen (secondary N) is 2. The Morgan fingerprint density at radius 2 is 1.70 bits per heavy atom. The van der Waals surface area contributed by atoms with E-state index in [9.17, 15) is 0 Å². The second kappa shape index (κ2) is 6.55. The number of fused-ring (bicyclic) bond motifs is 3. The Balaban J connectivity index is 1.44. The fourth-order valence-corrected chi connectivity index (χ4v) is 3.69. The summed E-state index contributed by atoms with van der Waals surface area (Å²) >= 11 is 0. The van der Waals surface area contributed by atoms with E-state index in [-0.39, 0.29) is 0 Å². The van der Waals surface area contributed by atoms with Gasteiger partial charge in [0.1, 0.15) is 5.52 Å². The van der Waals surface area contributed by atoms with Crippen LogP contribution in [-0.2, 0) is 0 Å². The fraction of sp³-hybridized carbons (Fsp3) is 0.238. The van der Waals surface area contributed by atoms with Gasteiger partial charge in [0.15, 0.2) is 5.82 Å². The molecule has 0 bridgehead atoms. The molecule has 2 aromatic heterocycles. The Morgan fingerprint density at radius 3 is 2.52 bits per heavy atom. The van der Waals surface area contributed by atoms with Gasteiger partial charge < -0.3 is 15.1 Å². The summed E-state index contributed by atoms with van der Waals surface area (Å²) < 4.78 is 0. The highest BCUT2D eigenvalue weighted by Crippen LogP contribution is 2.30. The van der Waals surface area contributed by atoms with Crippen molar-refractivity contribution in [2.75, 3.05) is 43.4 Å². The lowest BCUT2D eigenvalue weighted by atomic mass is 10.1. The van der Waals surface area contributed by atoms with Crippen LogP contribution in [0.5, 0.6) is 0 Å². The van der Waals surface area contributed by atoms with Crippen LogP contribution in [-0.4, -0.2) is 53.3 Å². The molecule has 0 atom stereocenters. The average molecular weight is 358 g/mol. The number of benzene rings is 2. The maximum atomic E-state index is 4.78. The van der Waals surface area contributed by atoms with E-state index in [0.717, 1.165) is 59.5 Å². The minimum Gasteiger partial charge on any atom is -0.369 e. The van der Waals surface area contributed by atoms with Gasteiger partial charge in [0, 0.05) is 54.5 Å². The van der Waals surface area contributed by atoms with Crippen molar-refractivity contribution < 1.29 is 0 Å². The molecule has 1 saturated heterocycles. The third kappa shape index (κ3) is 2.98. The lowest BCUT2D eigenvalue weighted by Gasteiger charge is -2.34. The van der Waals surface area contributed by atoms with Crippen molar-refractivity contribution in [2.24, 2.45) is 0 Å². The van der Waals surface area contributed by atoms with Crippen molar-refractivity contribution in [1.29, 1.82) is 0 Å². The Bertz CT molecular complexity index is 1080. The molecule has 0 radical (unpaired) electrons. The van der Waals surface area contributed by atoms with Crippen LogP contribution in [0.3, 0.4) is 0 Å². The summed E-state index contributed by atoms with van der Waals surface area (Å²) in [5, 5.41) is 13.0. The van der Waals surface area contributed by atoms with Crippen LogP contribution in [0.25, 0.3) is 21.8 Å². The van der Waals surface area contributed by atoms with E-state index < -0.39 is 0 Å². The van der Waals surface area contributed by atoms with Gasteiger partial charge >= 0.3 is 0 Å². The van der Waals surface area contributed by atoms with Crippen molar-refractivity contribution in [1.82, 2.24) is 20.1 Å². The lowest BCUT2D eigenvalue weighted by molar-refractivity contribution is 0.313. The van der Waals surface area contributed by atoms with Gasteiger partial charge in [-0.15, -0.1) is 0 Å². The zero-order valence-electron chi connectivity index (χ0n) is 15.3. The SMILES string of the molecule is CN1CCN(c2ccc(Nc3nc4ccccc4c4c[nH]nc34)cc2)CC1. The molecule has 0 amide bonds. The third-order valence-corrected chi connectivity index (χ3v) is 5.29. The van der Waals surface area contributed by atoms with Crippen molar-refractivity contribution in [2.45, 2.75) is 0 Å². The van der Waals surface area contributed by atoms with Gasteiger partial charge in [-0.25, -0.2) is 4.98 Å². The van der Waals surface area contributed by atoms with E-state index in [1.807, 2.05) is 24.4 Å². The summed E-state index contributed by atoms with van der Waals surface area (Å²) in [6.07, 6.45) is 1.93. The molecule has 0 unspecified atom stereocenters. The van der Waals surface area contributed by atoms with Gasteiger partial charge in [-0.3, -0.25) is 5.10 Å². The average Bonchev–Trinajstić information content (AvgIpc) is 3.20. The second-order valence-corrected chi connectivity index (χ2v) is 7.09. The van der Waals surface area contributed by atoms with Gasteiger partial charge in [-0.2, -0.15) is 5.10 Å². The van der Waals surface area contributed by atoms with Crippen LogP contribution in [0.2, 0.25) is 0 Å². The molecule has 1 aliphatic rings. The lowest BCUT2D eigenvalue weighted by Crippen LogP contribution is -2.44. The maximum absolute atomic E-state index is 4.78. The summed E-state index contributed by atoms with van der Waals surface area (Å²) in [7, 11) is 2.18. The Labute approximate surface area is 157 Å². The summed E-state index contributed by atoms with van der Waals surface area (Å²) in [6.45, 7) is 4.36. The molecule has 0 saturated carbocycles. The van der Waals surface area contributed by atoms with E-state index in [0.29, 0.717) is 0 Å². The number of aromatic amines is 1. The number of anilines is 3. The zero-order chi connectivity index (χ0) is 18.2. The molecule has 136 valence electrons. The summed E-state index contributed by atoms with van der Waals surface area (Å²) in [5.41, 5.74) is 4.10. The first-order chi connectivity index (χ1) is 13.3. The van der Waals surface area contributed by atoms with Gasteiger partial charge in [-0.1, -0.05) is 18.2 Å². The number of nitrogens with zero attached hydrogens (tertiary/aromatic N) is 4. The summed E-state index contributed by atoms with van der Waals surface area (Å²) in [4.78, 5) is 9.58. The first kappa shape index (κ1) is 16.1. The normalized spacial score (nSPS) is 15.5. The highest BCUT2D eigenvalue weighted by Gasteiger charge is 2.14. The number of likely N-dealkylation sites (N-methyl/N-ethyl adjacent to an activating group) is 1. The molecule has 1 aliphatic heterocycles. The zero-order valence-corrected chi connectivity index (χ0v) is 15.3. The van der Waals surface area contributed by atoms with Crippen molar-refractivity contribution in [3.05, 3.63) is 54.7 Å². The second-order valence-electron chi connectivity index (χ2n) is 7.09. The highest BCUT2D eigenvalue weighted by atomic mass is 15.2. The molecule has 0 aliphatic carbocycles. The van der Waals surface area contributed by atoms with E-state index in [2.05, 4.69) is 62.7 Å². The molecular formula is C21H22N6. The number of hydrogen-bond acceptors (Lipinski definition) is 5. The molecule has 2 aromatic carbocycles. The van der Waals surface area contributed by atoms with Crippen LogP contribution in [0.15, 0.2) is 54.7 Å². The number of H-pyrrole nitrogens is 1. The van der Waals surface area contributed by atoms with Crippen LogP contribution in [0, 0.1) is 0 Å². The molecule has 5 rings (SSSR count). The van der Waals surface area contributed by atoms with Gasteiger partial charge in [0.25, 0.3) is 0 Å². The van der Waals surface area contributed by atoms with E-state index in [1.165, 1.54) is 5.69 Å². The minimum atomic E-state index is 0.775. The largest absolute Gasteiger partial charge is 0.369 e. The molecule has 1 fully saturated rings. The number of rotatable bonds is 3. The molecule has 27 heavy (non-hydrogen) atoms. The molecule has 2 N–H and O–H groups in total. The van der Waals surface area contributed by atoms with E-state index in [4.69, 9.17) is 4.98 Å². The van der Waals surface area contributed by atoms with Gasteiger partial charge in [0.2, 0.25) is 0 Å². The first-order valence-corrected chi connectivity index (χ1v) is 9.31. The summed E-state index contributed by atoms with van der Waals surface area (Å²) in [5.74, 6) is 0.775. The fourth-order valence-electron chi connectivity index (χ4n) is 3.69. The van der Waals surface area contributed by atoms with Crippen LogP contribution < -0.4 is 10.2 Å². The van der Waals surface area contributed by atoms with Crippen molar-refractivity contribution >= 4 is 39.0 Å². The van der Waals surface area contributed by atoms with E-state index in [1.54, 1.807) is 0 Å². The predicted octanol–water partition coefficient (Wildman–Crippen LogP) is 3.61. The minimum absolute atomic E-state index is 0.775. The van der Waals surface area contributed by atoms with Gasteiger partial charge in [0.05, 0.1) is 5.52 Å². The van der Waals surface area contributed by atoms with Gasteiger partial charge in [-0.05, 0) is 37.4 Å². The molecule has 3 heterocycles. The molecule has 4 aromatic rings. The van der Waals surface area contributed by atoms with Crippen molar-refractivity contribution in [3.8, 4) is 0 Å². The maximum Gasteiger partial charge on any atom is 0.159 e. The number of piperazine rings is 1. The quantitative estimate of drug-likeness (QED) is 0.586. The monoisotopic (exact) mass is 358 g/mol. The number of aromatic nitrogens is 3. The van der Waals surface area contributed by atoms with Crippen molar-refractivity contribution in [3.63, 3.8) is 0 Å². The molecule has 6 nitrogen and oxygen atoms in total. The van der Waals surface area contributed by atoms with Crippen LogP contribution >= 0.6 is 0 Å². The standard InChI is InChI=1S/C21H22N6/c1-26-10-12-27(13-11-26)16-8-6-15(7-9-16)23-21-20-18(14-22-25-20)17-4-2-3-5-19(17)24-21/h2-9,14H,10-13H2,1H3,(H,22,25)(H,23,24). The highest BCUT2D eigenvalue weighted by molar-refractivity contribution is 6.08. The number of hydrogen-bond donors (Lipinski definition) is 2. The van der Waals surface area contributed by atoms with E-state index >= 15 is 0 Å². The smallest absolute Gasteiger partial charge is 0.159 e. The van der Waals surface area contributed by atoms with Crippen LogP contribution in [0.1, 0.15) is 0 Å². The van der Waals surface area contributed by atoms with Crippen LogP contribution in [0.4, 0.5) is 17.2 Å². The first-order valence-electron chi connectivity index (χ1n) is 9.31. The third-order valence-electron chi connectivity index (χ3n) is 5.29. The Hall–Kier alpha value is -3.12. The predicted molar refractivity (Wildman–Crippen MR) is 111 cm³/mol. The number of pyridine rings is 1. The Morgan fingerprint density at radius 1 is 0.926 bits per heavy atom. The topological polar surface area (TPSA) is 60.1 Å². The molecule has 0 spiro atoms. The molecule has 6 heteroatoms.